The van der Waals surface area contributed by atoms with E-state index in [1.807, 2.05) is 25.1 Å². The van der Waals surface area contributed by atoms with Gasteiger partial charge in [0.2, 0.25) is 0 Å². The monoisotopic (exact) mass is 307 g/mol. The quantitative estimate of drug-likeness (QED) is 0.846. The maximum Gasteiger partial charge on any atom is 0.138 e. The molecular formula is C16H18ClNOS. The summed E-state index contributed by atoms with van der Waals surface area (Å²) in [6, 6.07) is 10.9. The van der Waals surface area contributed by atoms with E-state index < -0.39 is 0 Å². The lowest BCUT2D eigenvalue weighted by molar-refractivity contribution is 0.310. The Kier molecular flexibility index (Phi) is 4.29. The maximum absolute atomic E-state index is 6.16. The highest BCUT2D eigenvalue weighted by molar-refractivity contribution is 7.11. The van der Waals surface area contributed by atoms with Crippen LogP contribution in [0.5, 0.6) is 5.75 Å². The highest BCUT2D eigenvalue weighted by Crippen LogP contribution is 2.27. The van der Waals surface area contributed by atoms with Crippen molar-refractivity contribution in [2.45, 2.75) is 39.0 Å². The van der Waals surface area contributed by atoms with Gasteiger partial charge in [0.15, 0.2) is 0 Å². The average Bonchev–Trinajstić information content (AvgIpc) is 3.14. The van der Waals surface area contributed by atoms with Gasteiger partial charge < -0.3 is 10.1 Å². The van der Waals surface area contributed by atoms with Gasteiger partial charge in [0.05, 0.1) is 5.02 Å². The van der Waals surface area contributed by atoms with Gasteiger partial charge in [-0.25, -0.2) is 0 Å². The van der Waals surface area contributed by atoms with Crippen LogP contribution < -0.4 is 10.1 Å². The first-order valence-corrected chi connectivity index (χ1v) is 8.10. The average molecular weight is 308 g/mol. The first-order valence-electron chi connectivity index (χ1n) is 6.90. The minimum absolute atomic E-state index is 0.580. The molecule has 106 valence electrons. The molecule has 1 saturated carbocycles. The van der Waals surface area contributed by atoms with Crippen molar-refractivity contribution in [2.75, 3.05) is 0 Å². The van der Waals surface area contributed by atoms with Crippen LogP contribution >= 0.6 is 22.9 Å². The van der Waals surface area contributed by atoms with E-state index in [4.69, 9.17) is 16.3 Å². The van der Waals surface area contributed by atoms with Crippen molar-refractivity contribution in [2.24, 2.45) is 0 Å². The molecule has 0 spiro atoms. The Bertz CT molecular complexity index is 592. The predicted molar refractivity (Wildman–Crippen MR) is 84.7 cm³/mol. The maximum atomic E-state index is 6.16. The zero-order valence-electron chi connectivity index (χ0n) is 11.5. The van der Waals surface area contributed by atoms with Crippen LogP contribution in [0.3, 0.4) is 0 Å². The molecule has 0 saturated heterocycles. The normalized spacial score (nSPS) is 14.5. The van der Waals surface area contributed by atoms with Gasteiger partial charge in [-0.1, -0.05) is 17.7 Å². The molecule has 0 radical (unpaired) electrons. The molecule has 0 amide bonds. The molecule has 0 bridgehead atoms. The van der Waals surface area contributed by atoms with Crippen molar-refractivity contribution < 1.29 is 4.74 Å². The van der Waals surface area contributed by atoms with Crippen LogP contribution in [0.4, 0.5) is 0 Å². The summed E-state index contributed by atoms with van der Waals surface area (Å²) in [5.74, 6) is 0.753. The summed E-state index contributed by atoms with van der Waals surface area (Å²) in [5.41, 5.74) is 1.15. The highest BCUT2D eigenvalue weighted by atomic mass is 35.5. The molecule has 1 heterocycles. The van der Waals surface area contributed by atoms with Crippen LogP contribution in [-0.2, 0) is 13.2 Å². The molecule has 0 aliphatic heterocycles. The summed E-state index contributed by atoms with van der Waals surface area (Å²) >= 11 is 7.96. The summed E-state index contributed by atoms with van der Waals surface area (Å²) in [6.07, 6.45) is 2.65. The van der Waals surface area contributed by atoms with Crippen molar-refractivity contribution in [1.29, 1.82) is 0 Å². The number of nitrogens with one attached hydrogen (secondary N) is 1. The van der Waals surface area contributed by atoms with E-state index in [0.29, 0.717) is 11.6 Å². The van der Waals surface area contributed by atoms with Crippen molar-refractivity contribution in [3.63, 3.8) is 0 Å². The van der Waals surface area contributed by atoms with Gasteiger partial charge in [-0.3, -0.25) is 0 Å². The minimum Gasteiger partial charge on any atom is -0.487 e. The Balaban J connectivity index is 1.54. The van der Waals surface area contributed by atoms with Crippen LogP contribution in [0.15, 0.2) is 30.3 Å². The van der Waals surface area contributed by atoms with Gasteiger partial charge in [-0.05, 0) is 49.6 Å². The molecule has 1 aromatic carbocycles. The molecule has 1 aliphatic rings. The van der Waals surface area contributed by atoms with Gasteiger partial charge in [0.1, 0.15) is 12.4 Å². The van der Waals surface area contributed by atoms with Gasteiger partial charge in [-0.15, -0.1) is 11.3 Å². The van der Waals surface area contributed by atoms with Crippen LogP contribution in [0, 0.1) is 6.92 Å². The van der Waals surface area contributed by atoms with Gasteiger partial charge in [0, 0.05) is 22.3 Å². The smallest absolute Gasteiger partial charge is 0.138 e. The molecule has 0 atom stereocenters. The molecule has 1 fully saturated rings. The Labute approximate surface area is 128 Å². The molecule has 20 heavy (non-hydrogen) atoms. The SMILES string of the molecule is Cc1ccc(OCc2ccc(CNC3CC3)s2)c(Cl)c1. The van der Waals surface area contributed by atoms with Gasteiger partial charge in [0.25, 0.3) is 0 Å². The molecule has 4 heteroatoms. The fourth-order valence-corrected chi connectivity index (χ4v) is 3.17. The fraction of sp³-hybridized carbons (Fsp3) is 0.375. The number of benzene rings is 1. The molecule has 2 aromatic rings. The lowest BCUT2D eigenvalue weighted by Crippen LogP contribution is -2.14. The van der Waals surface area contributed by atoms with E-state index in [9.17, 15) is 0 Å². The zero-order chi connectivity index (χ0) is 13.9. The second-order valence-corrected chi connectivity index (χ2v) is 6.91. The van der Waals surface area contributed by atoms with E-state index in [1.165, 1.54) is 22.6 Å². The third kappa shape index (κ3) is 3.75. The summed E-state index contributed by atoms with van der Waals surface area (Å²) in [5, 5.41) is 4.20. The summed E-state index contributed by atoms with van der Waals surface area (Å²) in [6.45, 7) is 3.57. The number of halogens is 1. The Morgan fingerprint density at radius 3 is 2.80 bits per heavy atom. The van der Waals surface area contributed by atoms with E-state index >= 15 is 0 Å². The van der Waals surface area contributed by atoms with E-state index in [-0.39, 0.29) is 0 Å². The Morgan fingerprint density at radius 2 is 2.05 bits per heavy atom. The summed E-state index contributed by atoms with van der Waals surface area (Å²) in [7, 11) is 0. The van der Waals surface area contributed by atoms with Crippen LogP contribution in [0.1, 0.15) is 28.2 Å². The van der Waals surface area contributed by atoms with Gasteiger partial charge in [-0.2, -0.15) is 0 Å². The van der Waals surface area contributed by atoms with Crippen molar-refractivity contribution >= 4 is 22.9 Å². The Morgan fingerprint density at radius 1 is 1.25 bits per heavy atom. The van der Waals surface area contributed by atoms with Crippen LogP contribution in [-0.4, -0.2) is 6.04 Å². The van der Waals surface area contributed by atoms with Crippen molar-refractivity contribution in [3.05, 3.63) is 50.7 Å². The van der Waals surface area contributed by atoms with Crippen LogP contribution in [0.2, 0.25) is 5.02 Å². The number of ether oxygens (including phenoxy) is 1. The van der Waals surface area contributed by atoms with E-state index in [1.54, 1.807) is 11.3 Å². The molecule has 0 unspecified atom stereocenters. The number of hydrogen-bond acceptors (Lipinski definition) is 3. The lowest BCUT2D eigenvalue weighted by Gasteiger charge is -2.07. The third-order valence-corrected chi connectivity index (χ3v) is 4.67. The molecule has 2 nitrogen and oxygen atoms in total. The van der Waals surface area contributed by atoms with E-state index in [0.717, 1.165) is 23.9 Å². The molecular weight excluding hydrogens is 290 g/mol. The standard InChI is InChI=1S/C16H18ClNOS/c1-11-2-7-16(15(17)8-11)19-10-14-6-5-13(20-14)9-18-12-3-4-12/h2,5-8,12,18H,3-4,9-10H2,1H3. The molecule has 1 aliphatic carbocycles. The first kappa shape index (κ1) is 13.9. The van der Waals surface area contributed by atoms with Crippen molar-refractivity contribution in [1.82, 2.24) is 5.32 Å². The number of thiophene rings is 1. The largest absolute Gasteiger partial charge is 0.487 e. The Hall–Kier alpha value is -1.03. The summed E-state index contributed by atoms with van der Waals surface area (Å²) < 4.78 is 5.79. The number of aryl methyl sites for hydroxylation is 1. The molecule has 3 rings (SSSR count). The number of rotatable bonds is 6. The number of hydrogen-bond donors (Lipinski definition) is 1. The molecule has 1 N–H and O–H groups in total. The predicted octanol–water partition coefficient (Wildman–Crippen LogP) is 4.54. The van der Waals surface area contributed by atoms with E-state index in [2.05, 4.69) is 17.4 Å². The fourth-order valence-electron chi connectivity index (χ4n) is 2.00. The van der Waals surface area contributed by atoms with Crippen LogP contribution in [0.25, 0.3) is 0 Å². The zero-order valence-corrected chi connectivity index (χ0v) is 13.1. The topological polar surface area (TPSA) is 21.3 Å². The minimum atomic E-state index is 0.580. The third-order valence-electron chi connectivity index (χ3n) is 3.32. The second kappa shape index (κ2) is 6.17. The molecule has 1 aromatic heterocycles. The summed E-state index contributed by atoms with van der Waals surface area (Å²) in [4.78, 5) is 2.60. The first-order chi connectivity index (χ1) is 9.70. The lowest BCUT2D eigenvalue weighted by atomic mass is 10.2. The highest BCUT2D eigenvalue weighted by Gasteiger charge is 2.20. The van der Waals surface area contributed by atoms with Gasteiger partial charge >= 0.3 is 0 Å². The second-order valence-electron chi connectivity index (χ2n) is 5.25. The van der Waals surface area contributed by atoms with Crippen molar-refractivity contribution in [3.8, 4) is 5.75 Å².